The molecular weight excluding hydrogens is 264 g/mol. The van der Waals surface area contributed by atoms with Gasteiger partial charge in [0, 0.05) is 4.47 Å². The summed E-state index contributed by atoms with van der Waals surface area (Å²) in [6, 6.07) is 14.5. The van der Waals surface area contributed by atoms with E-state index >= 15 is 0 Å². The van der Waals surface area contributed by atoms with E-state index in [4.69, 9.17) is 4.74 Å². The Balaban J connectivity index is 2.44. The highest BCUT2D eigenvalue weighted by Crippen LogP contribution is 2.27. The normalized spacial score (nSPS) is 10.2. The van der Waals surface area contributed by atoms with E-state index in [1.165, 1.54) is 16.7 Å². The van der Waals surface area contributed by atoms with Crippen molar-refractivity contribution in [3.05, 3.63) is 52.5 Å². The zero-order valence-corrected chi connectivity index (χ0v) is 10.9. The molecule has 0 saturated heterocycles. The van der Waals surface area contributed by atoms with Crippen molar-refractivity contribution in [3.8, 4) is 16.9 Å². The molecule has 0 aliphatic heterocycles. The van der Waals surface area contributed by atoms with Crippen molar-refractivity contribution in [1.82, 2.24) is 0 Å². The highest BCUT2D eigenvalue weighted by atomic mass is 79.9. The van der Waals surface area contributed by atoms with Crippen molar-refractivity contribution < 1.29 is 4.74 Å². The third-order valence-corrected chi connectivity index (χ3v) is 3.12. The van der Waals surface area contributed by atoms with Gasteiger partial charge in [-0.15, -0.1) is 0 Å². The van der Waals surface area contributed by atoms with Gasteiger partial charge in [0.15, 0.2) is 0 Å². The quantitative estimate of drug-likeness (QED) is 0.788. The van der Waals surface area contributed by atoms with E-state index in [0.717, 1.165) is 10.2 Å². The summed E-state index contributed by atoms with van der Waals surface area (Å²) in [6.07, 6.45) is 0. The van der Waals surface area contributed by atoms with E-state index in [9.17, 15) is 0 Å². The molecule has 82 valence electrons. The summed E-state index contributed by atoms with van der Waals surface area (Å²) >= 11 is 3.44. The van der Waals surface area contributed by atoms with Gasteiger partial charge in [0.05, 0.1) is 7.11 Å². The molecule has 0 saturated carbocycles. The largest absolute Gasteiger partial charge is 0.497 e. The van der Waals surface area contributed by atoms with Crippen LogP contribution in [-0.2, 0) is 0 Å². The van der Waals surface area contributed by atoms with Gasteiger partial charge in [0.1, 0.15) is 5.75 Å². The first kappa shape index (κ1) is 11.2. The lowest BCUT2D eigenvalue weighted by atomic mass is 10.0. The Morgan fingerprint density at radius 3 is 2.25 bits per heavy atom. The lowest BCUT2D eigenvalue weighted by Crippen LogP contribution is -1.87. The van der Waals surface area contributed by atoms with Crippen LogP contribution < -0.4 is 4.74 Å². The third kappa shape index (κ3) is 2.27. The van der Waals surface area contributed by atoms with Crippen LogP contribution in [0.3, 0.4) is 0 Å². The number of aryl methyl sites for hydroxylation is 1. The Morgan fingerprint density at radius 2 is 1.69 bits per heavy atom. The smallest absolute Gasteiger partial charge is 0.119 e. The molecule has 0 radical (unpaired) electrons. The zero-order chi connectivity index (χ0) is 11.5. The summed E-state index contributed by atoms with van der Waals surface area (Å²) in [7, 11) is 1.69. The van der Waals surface area contributed by atoms with Crippen LogP contribution in [0.4, 0.5) is 0 Å². The second-order valence-electron chi connectivity index (χ2n) is 3.69. The van der Waals surface area contributed by atoms with E-state index in [0.29, 0.717) is 0 Å². The lowest BCUT2D eigenvalue weighted by Gasteiger charge is -2.08. The van der Waals surface area contributed by atoms with E-state index < -0.39 is 0 Å². The monoisotopic (exact) mass is 276 g/mol. The Hall–Kier alpha value is -1.28. The molecule has 0 N–H and O–H groups in total. The van der Waals surface area contributed by atoms with Crippen LogP contribution in [0, 0.1) is 6.92 Å². The van der Waals surface area contributed by atoms with Crippen LogP contribution in [-0.4, -0.2) is 7.11 Å². The topological polar surface area (TPSA) is 9.23 Å². The second kappa shape index (κ2) is 4.71. The van der Waals surface area contributed by atoms with E-state index in [2.05, 4.69) is 59.3 Å². The number of rotatable bonds is 2. The van der Waals surface area contributed by atoms with Crippen molar-refractivity contribution in [2.24, 2.45) is 0 Å². The predicted molar refractivity (Wildman–Crippen MR) is 70.9 cm³/mol. The molecular formula is C14H13BrO. The summed E-state index contributed by atoms with van der Waals surface area (Å²) in [5, 5.41) is 0. The molecule has 2 heteroatoms. The molecule has 0 aliphatic rings. The highest BCUT2D eigenvalue weighted by molar-refractivity contribution is 9.10. The fourth-order valence-electron chi connectivity index (χ4n) is 1.72. The number of hydrogen-bond donors (Lipinski definition) is 0. The van der Waals surface area contributed by atoms with Gasteiger partial charge in [-0.2, -0.15) is 0 Å². The van der Waals surface area contributed by atoms with Gasteiger partial charge in [-0.3, -0.25) is 0 Å². The van der Waals surface area contributed by atoms with Gasteiger partial charge in [-0.05, 0) is 47.9 Å². The summed E-state index contributed by atoms with van der Waals surface area (Å²) in [4.78, 5) is 0. The second-order valence-corrected chi connectivity index (χ2v) is 4.60. The lowest BCUT2D eigenvalue weighted by molar-refractivity contribution is 0.414. The summed E-state index contributed by atoms with van der Waals surface area (Å²) in [6.45, 7) is 2.10. The minimum Gasteiger partial charge on any atom is -0.497 e. The number of benzene rings is 2. The minimum atomic E-state index is 0.901. The van der Waals surface area contributed by atoms with Crippen LogP contribution >= 0.6 is 15.9 Å². The van der Waals surface area contributed by atoms with E-state index in [1.807, 2.05) is 6.07 Å². The van der Waals surface area contributed by atoms with Crippen molar-refractivity contribution in [1.29, 1.82) is 0 Å². The number of hydrogen-bond acceptors (Lipinski definition) is 1. The fraction of sp³-hybridized carbons (Fsp3) is 0.143. The van der Waals surface area contributed by atoms with Crippen molar-refractivity contribution in [2.75, 3.05) is 7.11 Å². The first-order valence-electron chi connectivity index (χ1n) is 5.11. The van der Waals surface area contributed by atoms with Crippen molar-refractivity contribution in [3.63, 3.8) is 0 Å². The molecule has 2 rings (SSSR count). The van der Waals surface area contributed by atoms with Gasteiger partial charge in [0.25, 0.3) is 0 Å². The summed E-state index contributed by atoms with van der Waals surface area (Å²) in [5.41, 5.74) is 3.69. The number of methoxy groups -OCH3 is 1. The molecule has 0 aromatic heterocycles. The Morgan fingerprint density at radius 1 is 1.00 bits per heavy atom. The van der Waals surface area contributed by atoms with Gasteiger partial charge in [-0.25, -0.2) is 0 Å². The predicted octanol–water partition coefficient (Wildman–Crippen LogP) is 4.43. The molecule has 0 spiro atoms. The third-order valence-electron chi connectivity index (χ3n) is 2.59. The maximum absolute atomic E-state index is 5.20. The number of halogens is 1. The minimum absolute atomic E-state index is 0.901. The summed E-state index contributed by atoms with van der Waals surface area (Å²) in [5.74, 6) is 0.901. The Labute approximate surface area is 104 Å². The van der Waals surface area contributed by atoms with Gasteiger partial charge >= 0.3 is 0 Å². The summed E-state index contributed by atoms with van der Waals surface area (Å²) < 4.78 is 6.30. The first-order chi connectivity index (χ1) is 7.70. The first-order valence-corrected chi connectivity index (χ1v) is 5.90. The maximum atomic E-state index is 5.20. The molecule has 0 atom stereocenters. The standard InChI is InChI=1S/C14H13BrO/c1-10-9-13(16-2)7-8-14(10)11-3-5-12(15)6-4-11/h3-9H,1-2H3. The van der Waals surface area contributed by atoms with Crippen LogP contribution in [0.15, 0.2) is 46.9 Å². The zero-order valence-electron chi connectivity index (χ0n) is 9.33. The maximum Gasteiger partial charge on any atom is 0.119 e. The molecule has 0 fully saturated rings. The Kier molecular flexibility index (Phi) is 3.30. The fourth-order valence-corrected chi connectivity index (χ4v) is 1.98. The average Bonchev–Trinajstić information content (AvgIpc) is 2.30. The molecule has 2 aromatic rings. The van der Waals surface area contributed by atoms with Gasteiger partial charge in [-0.1, -0.05) is 34.1 Å². The average molecular weight is 277 g/mol. The van der Waals surface area contributed by atoms with Crippen LogP contribution in [0.25, 0.3) is 11.1 Å². The highest BCUT2D eigenvalue weighted by Gasteiger charge is 2.02. The van der Waals surface area contributed by atoms with Crippen molar-refractivity contribution in [2.45, 2.75) is 6.92 Å². The molecule has 2 aromatic carbocycles. The molecule has 16 heavy (non-hydrogen) atoms. The van der Waals surface area contributed by atoms with Gasteiger partial charge < -0.3 is 4.74 Å². The molecule has 0 unspecified atom stereocenters. The SMILES string of the molecule is COc1ccc(-c2ccc(Br)cc2)c(C)c1. The molecule has 0 heterocycles. The molecule has 0 bridgehead atoms. The molecule has 1 nitrogen and oxygen atoms in total. The van der Waals surface area contributed by atoms with Gasteiger partial charge in [0.2, 0.25) is 0 Å². The van der Waals surface area contributed by atoms with E-state index in [-0.39, 0.29) is 0 Å². The molecule has 0 aliphatic carbocycles. The van der Waals surface area contributed by atoms with Crippen LogP contribution in [0.5, 0.6) is 5.75 Å². The van der Waals surface area contributed by atoms with E-state index in [1.54, 1.807) is 7.11 Å². The number of ether oxygens (including phenoxy) is 1. The van der Waals surface area contributed by atoms with Crippen LogP contribution in [0.2, 0.25) is 0 Å². The van der Waals surface area contributed by atoms with Crippen LogP contribution in [0.1, 0.15) is 5.56 Å². The Bertz CT molecular complexity index is 489. The molecule has 0 amide bonds. The van der Waals surface area contributed by atoms with Crippen molar-refractivity contribution >= 4 is 15.9 Å².